The van der Waals surface area contributed by atoms with E-state index in [1.807, 2.05) is 0 Å². The van der Waals surface area contributed by atoms with Crippen LogP contribution in [0.4, 0.5) is 5.82 Å². The van der Waals surface area contributed by atoms with Crippen molar-refractivity contribution in [3.05, 3.63) is 31.0 Å². The Hall–Kier alpha value is -1.73. The molecule has 0 radical (unpaired) electrons. The van der Waals surface area contributed by atoms with E-state index in [1.165, 1.54) is 32.4 Å². The summed E-state index contributed by atoms with van der Waals surface area (Å²) in [4.78, 5) is 14.9. The van der Waals surface area contributed by atoms with E-state index in [2.05, 4.69) is 16.9 Å². The fourth-order valence-corrected chi connectivity index (χ4v) is 1.84. The summed E-state index contributed by atoms with van der Waals surface area (Å²) < 4.78 is 24.5. The third kappa shape index (κ3) is 3.11. The highest BCUT2D eigenvalue weighted by Gasteiger charge is 2.17. The average molecular weight is 255 g/mol. The quantitative estimate of drug-likeness (QED) is 0.792. The van der Waals surface area contributed by atoms with Gasteiger partial charge in [0.15, 0.2) is 0 Å². The fourth-order valence-electron chi connectivity index (χ4n) is 0.995. The molecule has 92 valence electrons. The van der Waals surface area contributed by atoms with E-state index in [9.17, 15) is 13.2 Å². The predicted octanol–water partition coefficient (Wildman–Crippen LogP) is 0.456. The monoisotopic (exact) mass is 255 g/mol. The Morgan fingerprint density at radius 3 is 2.53 bits per heavy atom. The average Bonchev–Trinajstić information content (AvgIpc) is 2.29. The summed E-state index contributed by atoms with van der Waals surface area (Å²) in [6.07, 6.45) is 2.29. The third-order valence-electron chi connectivity index (χ3n) is 1.95. The normalized spacial score (nSPS) is 11.2. The van der Waals surface area contributed by atoms with Crippen LogP contribution in [0, 0.1) is 0 Å². The Bertz CT molecular complexity index is 520. The molecule has 0 spiro atoms. The standard InChI is InChI=1S/C10H13N3O3S/c1-4-10(14)12-9-6-5-8(7-11-9)17(15,16)13(2)3/h4-7H,1H2,2-3H3,(H,11,12,14). The summed E-state index contributed by atoms with van der Waals surface area (Å²) in [6, 6.07) is 2.79. The molecule has 17 heavy (non-hydrogen) atoms. The first-order valence-corrected chi connectivity index (χ1v) is 6.14. The van der Waals surface area contributed by atoms with Gasteiger partial charge in [-0.25, -0.2) is 17.7 Å². The van der Waals surface area contributed by atoms with Gasteiger partial charge in [0.05, 0.1) is 0 Å². The molecular formula is C10H13N3O3S. The van der Waals surface area contributed by atoms with Crippen LogP contribution in [0.3, 0.4) is 0 Å². The van der Waals surface area contributed by atoms with E-state index >= 15 is 0 Å². The number of rotatable bonds is 4. The van der Waals surface area contributed by atoms with Crippen LogP contribution in [0.15, 0.2) is 35.9 Å². The number of carbonyl (C=O) groups is 1. The van der Waals surface area contributed by atoms with Crippen LogP contribution >= 0.6 is 0 Å². The van der Waals surface area contributed by atoms with E-state index < -0.39 is 15.9 Å². The van der Waals surface area contributed by atoms with E-state index in [1.54, 1.807) is 0 Å². The van der Waals surface area contributed by atoms with Crippen LogP contribution in [-0.4, -0.2) is 37.7 Å². The predicted molar refractivity (Wildman–Crippen MR) is 63.9 cm³/mol. The van der Waals surface area contributed by atoms with Crippen LogP contribution in [0.2, 0.25) is 0 Å². The molecule has 1 aromatic heterocycles. The van der Waals surface area contributed by atoms with Crippen LogP contribution < -0.4 is 5.32 Å². The van der Waals surface area contributed by atoms with Crippen molar-refractivity contribution in [2.75, 3.05) is 19.4 Å². The highest BCUT2D eigenvalue weighted by Crippen LogP contribution is 2.13. The lowest BCUT2D eigenvalue weighted by Gasteiger charge is -2.11. The van der Waals surface area contributed by atoms with Gasteiger partial charge in [-0.15, -0.1) is 0 Å². The van der Waals surface area contributed by atoms with Crippen molar-refractivity contribution in [3.8, 4) is 0 Å². The molecule has 0 aliphatic rings. The minimum absolute atomic E-state index is 0.0686. The molecule has 0 atom stereocenters. The van der Waals surface area contributed by atoms with Crippen LogP contribution in [0.25, 0.3) is 0 Å². The van der Waals surface area contributed by atoms with Crippen molar-refractivity contribution in [2.45, 2.75) is 4.90 Å². The second kappa shape index (κ2) is 5.07. The molecule has 6 nitrogen and oxygen atoms in total. The smallest absolute Gasteiger partial charge is 0.248 e. The molecular weight excluding hydrogens is 242 g/mol. The molecule has 0 fully saturated rings. The van der Waals surface area contributed by atoms with E-state index in [0.717, 1.165) is 10.4 Å². The molecule has 0 aliphatic heterocycles. The van der Waals surface area contributed by atoms with Gasteiger partial charge in [-0.05, 0) is 18.2 Å². The highest BCUT2D eigenvalue weighted by atomic mass is 32.2. The lowest BCUT2D eigenvalue weighted by molar-refractivity contribution is -0.111. The van der Waals surface area contributed by atoms with Crippen molar-refractivity contribution in [1.82, 2.24) is 9.29 Å². The SMILES string of the molecule is C=CC(=O)Nc1ccc(S(=O)(=O)N(C)C)cn1. The molecule has 1 aromatic rings. The van der Waals surface area contributed by atoms with Crippen LogP contribution in [0.5, 0.6) is 0 Å². The van der Waals surface area contributed by atoms with Crippen molar-refractivity contribution in [1.29, 1.82) is 0 Å². The second-order valence-corrected chi connectivity index (χ2v) is 5.51. The molecule has 1 rings (SSSR count). The van der Waals surface area contributed by atoms with Gasteiger partial charge in [0, 0.05) is 20.3 Å². The summed E-state index contributed by atoms with van der Waals surface area (Å²) in [7, 11) is -0.623. The van der Waals surface area contributed by atoms with Crippen molar-refractivity contribution >= 4 is 21.7 Å². The molecule has 7 heteroatoms. The topological polar surface area (TPSA) is 79.4 Å². The minimum Gasteiger partial charge on any atom is -0.307 e. The number of sulfonamides is 1. The van der Waals surface area contributed by atoms with Gasteiger partial charge in [0.25, 0.3) is 0 Å². The van der Waals surface area contributed by atoms with Gasteiger partial charge in [0.1, 0.15) is 10.7 Å². The Labute approximate surface area is 100 Å². The van der Waals surface area contributed by atoms with Gasteiger partial charge in [-0.2, -0.15) is 0 Å². The molecule has 1 heterocycles. The van der Waals surface area contributed by atoms with Crippen molar-refractivity contribution in [3.63, 3.8) is 0 Å². The Morgan fingerprint density at radius 1 is 1.47 bits per heavy atom. The van der Waals surface area contributed by atoms with Gasteiger partial charge < -0.3 is 5.32 Å². The van der Waals surface area contributed by atoms with E-state index in [4.69, 9.17) is 0 Å². The first kappa shape index (κ1) is 13.3. The van der Waals surface area contributed by atoms with Gasteiger partial charge >= 0.3 is 0 Å². The lowest BCUT2D eigenvalue weighted by Crippen LogP contribution is -2.22. The van der Waals surface area contributed by atoms with Gasteiger partial charge in [-0.1, -0.05) is 6.58 Å². The van der Waals surface area contributed by atoms with Crippen LogP contribution in [0.1, 0.15) is 0 Å². The summed E-state index contributed by atoms with van der Waals surface area (Å²) in [5.41, 5.74) is 0. The Balaban J connectivity index is 2.96. The highest BCUT2D eigenvalue weighted by molar-refractivity contribution is 7.89. The number of hydrogen-bond acceptors (Lipinski definition) is 4. The number of carbonyl (C=O) groups excluding carboxylic acids is 1. The zero-order valence-electron chi connectivity index (χ0n) is 9.54. The number of aromatic nitrogens is 1. The van der Waals surface area contributed by atoms with Crippen LogP contribution in [-0.2, 0) is 14.8 Å². The number of hydrogen-bond donors (Lipinski definition) is 1. The molecule has 1 N–H and O–H groups in total. The third-order valence-corrected chi connectivity index (χ3v) is 3.75. The number of nitrogens with zero attached hydrogens (tertiary/aromatic N) is 2. The molecule has 0 bridgehead atoms. The molecule has 0 saturated heterocycles. The largest absolute Gasteiger partial charge is 0.307 e. The maximum absolute atomic E-state index is 11.7. The number of nitrogens with one attached hydrogen (secondary N) is 1. The fraction of sp³-hybridized carbons (Fsp3) is 0.200. The number of anilines is 1. The van der Waals surface area contributed by atoms with Gasteiger partial charge in [0.2, 0.25) is 15.9 Å². The molecule has 0 aliphatic carbocycles. The Kier molecular flexibility index (Phi) is 3.97. The summed E-state index contributed by atoms with van der Waals surface area (Å²) in [5, 5.41) is 2.42. The maximum atomic E-state index is 11.7. The summed E-state index contributed by atoms with van der Waals surface area (Å²) in [6.45, 7) is 3.29. The van der Waals surface area contributed by atoms with E-state index in [0.29, 0.717) is 0 Å². The molecule has 0 saturated carbocycles. The van der Waals surface area contributed by atoms with E-state index in [-0.39, 0.29) is 10.7 Å². The first-order valence-electron chi connectivity index (χ1n) is 4.70. The lowest BCUT2D eigenvalue weighted by atomic mass is 10.4. The van der Waals surface area contributed by atoms with Crippen molar-refractivity contribution < 1.29 is 13.2 Å². The Morgan fingerprint density at radius 2 is 2.12 bits per heavy atom. The molecule has 0 unspecified atom stereocenters. The number of amides is 1. The first-order chi connectivity index (χ1) is 7.87. The maximum Gasteiger partial charge on any atom is 0.248 e. The minimum atomic E-state index is -3.49. The zero-order chi connectivity index (χ0) is 13.1. The second-order valence-electron chi connectivity index (χ2n) is 3.36. The van der Waals surface area contributed by atoms with Crippen molar-refractivity contribution in [2.24, 2.45) is 0 Å². The summed E-state index contributed by atoms with van der Waals surface area (Å²) in [5.74, 6) is -0.131. The van der Waals surface area contributed by atoms with Gasteiger partial charge in [-0.3, -0.25) is 4.79 Å². The molecule has 0 aromatic carbocycles. The summed E-state index contributed by atoms with van der Waals surface area (Å²) >= 11 is 0. The molecule has 1 amide bonds. The number of pyridine rings is 1. The zero-order valence-corrected chi connectivity index (χ0v) is 10.4.